The van der Waals surface area contributed by atoms with E-state index in [-0.39, 0.29) is 6.04 Å². The molecule has 1 saturated heterocycles. The Morgan fingerprint density at radius 2 is 2.13 bits per heavy atom. The van der Waals surface area contributed by atoms with Gasteiger partial charge in [0.2, 0.25) is 0 Å². The number of nitrogens with zero attached hydrogens (tertiary/aromatic N) is 2. The summed E-state index contributed by atoms with van der Waals surface area (Å²) >= 11 is 13.8. The smallest absolute Gasteiger partial charge is 0.335 e. The van der Waals surface area contributed by atoms with Crippen molar-refractivity contribution < 1.29 is 9.90 Å². The van der Waals surface area contributed by atoms with Crippen LogP contribution in [-0.4, -0.2) is 32.9 Å². The summed E-state index contributed by atoms with van der Waals surface area (Å²) in [6.07, 6.45) is 0.980. The van der Waals surface area contributed by atoms with Crippen molar-refractivity contribution in [2.24, 2.45) is 4.99 Å². The first-order chi connectivity index (χ1) is 10.9. The molecule has 0 bridgehead atoms. The zero-order valence-electron chi connectivity index (χ0n) is 12.7. The molecule has 0 aromatic heterocycles. The number of hydrogen-bond acceptors (Lipinski definition) is 4. The Bertz CT molecular complexity index is 733. The highest BCUT2D eigenvalue weighted by Gasteiger charge is 2.40. The summed E-state index contributed by atoms with van der Waals surface area (Å²) in [7, 11) is 0. The second-order valence-corrected chi connectivity index (χ2v) is 7.54. The zero-order chi connectivity index (χ0) is 16.7. The Hall–Kier alpha value is -1.17. The van der Waals surface area contributed by atoms with Gasteiger partial charge in [-0.05, 0) is 38.0 Å². The Kier molecular flexibility index (Phi) is 4.63. The normalized spacial score (nSPS) is 24.3. The van der Waals surface area contributed by atoms with Crippen molar-refractivity contribution in [1.82, 2.24) is 4.90 Å². The number of carboxylic acid groups (broad SMARTS) is 1. The molecule has 1 aromatic carbocycles. The molecule has 1 aromatic rings. The molecule has 2 heterocycles. The highest BCUT2D eigenvalue weighted by atomic mass is 35.5. The van der Waals surface area contributed by atoms with Crippen molar-refractivity contribution in [3.63, 3.8) is 0 Å². The van der Waals surface area contributed by atoms with Crippen LogP contribution >= 0.6 is 35.0 Å². The molecule has 0 radical (unpaired) electrons. The third-order valence-corrected chi connectivity index (χ3v) is 5.90. The fourth-order valence-corrected chi connectivity index (χ4v) is 4.58. The fraction of sp³-hybridized carbons (Fsp3) is 0.375. The summed E-state index contributed by atoms with van der Waals surface area (Å²) in [6, 6.07) is 5.10. The van der Waals surface area contributed by atoms with Gasteiger partial charge in [-0.3, -0.25) is 0 Å². The number of rotatable bonds is 2. The van der Waals surface area contributed by atoms with Gasteiger partial charge in [-0.15, -0.1) is 0 Å². The van der Waals surface area contributed by atoms with E-state index in [9.17, 15) is 9.90 Å². The predicted molar refractivity (Wildman–Crippen MR) is 95.3 cm³/mol. The predicted octanol–water partition coefficient (Wildman–Crippen LogP) is 4.59. The molecule has 3 rings (SSSR count). The third kappa shape index (κ3) is 2.97. The highest BCUT2D eigenvalue weighted by molar-refractivity contribution is 8.13. The topological polar surface area (TPSA) is 52.9 Å². The minimum Gasteiger partial charge on any atom is -0.478 e. The van der Waals surface area contributed by atoms with Gasteiger partial charge in [0.15, 0.2) is 5.17 Å². The molecule has 0 amide bonds. The molecular formula is C16H16Cl2N2O2S. The van der Waals surface area contributed by atoms with Crippen LogP contribution in [0.4, 0.5) is 0 Å². The van der Waals surface area contributed by atoms with Crippen molar-refractivity contribution in [1.29, 1.82) is 0 Å². The molecule has 1 fully saturated rings. The maximum atomic E-state index is 11.9. The summed E-state index contributed by atoms with van der Waals surface area (Å²) in [6.45, 7) is 3.85. The molecule has 2 aliphatic heterocycles. The van der Waals surface area contributed by atoms with Crippen molar-refractivity contribution in [2.45, 2.75) is 32.4 Å². The van der Waals surface area contributed by atoms with Crippen LogP contribution in [0.2, 0.25) is 10.0 Å². The molecule has 23 heavy (non-hydrogen) atoms. The van der Waals surface area contributed by atoms with E-state index in [1.54, 1.807) is 30.8 Å². The number of aliphatic imine (C=N–C) groups is 1. The van der Waals surface area contributed by atoms with Crippen LogP contribution in [0.25, 0.3) is 0 Å². The summed E-state index contributed by atoms with van der Waals surface area (Å²) in [4.78, 5) is 18.5. The second-order valence-electron chi connectivity index (χ2n) is 5.67. The van der Waals surface area contributed by atoms with Crippen molar-refractivity contribution in [3.8, 4) is 0 Å². The van der Waals surface area contributed by atoms with Crippen LogP contribution in [0.15, 0.2) is 34.5 Å². The fourth-order valence-electron chi connectivity index (χ4n) is 3.00. The summed E-state index contributed by atoms with van der Waals surface area (Å²) in [5.41, 5.74) is 1.65. The van der Waals surface area contributed by atoms with Crippen molar-refractivity contribution >= 4 is 46.1 Å². The average Bonchev–Trinajstić information content (AvgIpc) is 2.48. The molecule has 2 aliphatic rings. The number of amidine groups is 1. The number of benzene rings is 1. The quantitative estimate of drug-likeness (QED) is 0.826. The first-order valence-electron chi connectivity index (χ1n) is 7.29. The number of carboxylic acids is 1. The molecule has 7 heteroatoms. The zero-order valence-corrected chi connectivity index (χ0v) is 15.0. The maximum Gasteiger partial charge on any atom is 0.335 e. The number of hydrogen-bond donors (Lipinski definition) is 1. The number of carbonyl (C=O) groups is 1. The number of aliphatic carboxylic acids is 1. The summed E-state index contributed by atoms with van der Waals surface area (Å²) < 4.78 is 0. The standard InChI is InChI=1S/C16H16Cl2N2O2S/c1-8-5-6-23-16-19-9(2)13(15(21)22)14(20(8)16)10-3-4-11(17)12(18)7-10/h3-4,7-8,14H,5-6H2,1-2H3,(H,21,22). The highest BCUT2D eigenvalue weighted by Crippen LogP contribution is 2.42. The van der Waals surface area contributed by atoms with E-state index in [1.807, 2.05) is 6.07 Å². The first-order valence-corrected chi connectivity index (χ1v) is 9.03. The molecule has 122 valence electrons. The van der Waals surface area contributed by atoms with Gasteiger partial charge in [0.25, 0.3) is 0 Å². The van der Waals surface area contributed by atoms with Crippen molar-refractivity contribution in [3.05, 3.63) is 45.1 Å². The van der Waals surface area contributed by atoms with E-state index >= 15 is 0 Å². The van der Waals surface area contributed by atoms with Crippen LogP contribution in [0.3, 0.4) is 0 Å². The van der Waals surface area contributed by atoms with Gasteiger partial charge >= 0.3 is 5.97 Å². The molecule has 2 unspecified atom stereocenters. The monoisotopic (exact) mass is 370 g/mol. The van der Waals surface area contributed by atoms with Gasteiger partial charge in [-0.2, -0.15) is 0 Å². The molecule has 2 atom stereocenters. The van der Waals surface area contributed by atoms with Gasteiger partial charge in [0.05, 0.1) is 27.4 Å². The Morgan fingerprint density at radius 1 is 1.39 bits per heavy atom. The largest absolute Gasteiger partial charge is 0.478 e. The number of allylic oxidation sites excluding steroid dienone is 1. The minimum atomic E-state index is -0.954. The SMILES string of the molecule is CC1=C(C(=O)O)C(c2ccc(Cl)c(Cl)c2)N2C(=N1)SCCC2C. The Labute approximate surface area is 149 Å². The van der Waals surface area contributed by atoms with E-state index in [0.717, 1.165) is 22.9 Å². The van der Waals surface area contributed by atoms with Crippen molar-refractivity contribution in [2.75, 3.05) is 5.75 Å². The van der Waals surface area contributed by atoms with Gasteiger partial charge in [0, 0.05) is 11.8 Å². The molecule has 4 nitrogen and oxygen atoms in total. The molecule has 0 aliphatic carbocycles. The lowest BCUT2D eigenvalue weighted by atomic mass is 9.93. The Balaban J connectivity index is 2.17. The van der Waals surface area contributed by atoms with Gasteiger partial charge in [-0.1, -0.05) is 41.0 Å². The lowest BCUT2D eigenvalue weighted by Gasteiger charge is -2.44. The van der Waals surface area contributed by atoms with Gasteiger partial charge in [0.1, 0.15) is 0 Å². The maximum absolute atomic E-state index is 11.9. The molecule has 0 spiro atoms. The van der Waals surface area contributed by atoms with E-state index in [2.05, 4.69) is 16.8 Å². The lowest BCUT2D eigenvalue weighted by molar-refractivity contribution is -0.133. The van der Waals surface area contributed by atoms with Crippen LogP contribution in [0, 0.1) is 0 Å². The van der Waals surface area contributed by atoms with Crippen LogP contribution in [0.5, 0.6) is 0 Å². The molecular weight excluding hydrogens is 355 g/mol. The average molecular weight is 371 g/mol. The molecule has 1 N–H and O–H groups in total. The van der Waals surface area contributed by atoms with Crippen LogP contribution < -0.4 is 0 Å². The van der Waals surface area contributed by atoms with E-state index in [1.165, 1.54) is 0 Å². The van der Waals surface area contributed by atoms with Gasteiger partial charge in [-0.25, -0.2) is 9.79 Å². The summed E-state index contributed by atoms with van der Waals surface area (Å²) in [5.74, 6) is 0.0319. The van der Waals surface area contributed by atoms with E-state index in [4.69, 9.17) is 23.2 Å². The van der Waals surface area contributed by atoms with E-state index < -0.39 is 12.0 Å². The summed E-state index contributed by atoms with van der Waals surface area (Å²) in [5, 5.41) is 11.5. The number of thioether (sulfide) groups is 1. The minimum absolute atomic E-state index is 0.205. The number of halogens is 2. The second kappa shape index (κ2) is 6.38. The van der Waals surface area contributed by atoms with Crippen LogP contribution in [-0.2, 0) is 4.79 Å². The third-order valence-electron chi connectivity index (χ3n) is 4.16. The number of fused-ring (bicyclic) bond motifs is 1. The Morgan fingerprint density at radius 3 is 2.78 bits per heavy atom. The van der Waals surface area contributed by atoms with Crippen LogP contribution in [0.1, 0.15) is 31.9 Å². The first kappa shape index (κ1) is 16.7. The van der Waals surface area contributed by atoms with Gasteiger partial charge < -0.3 is 10.0 Å². The van der Waals surface area contributed by atoms with E-state index in [0.29, 0.717) is 21.3 Å². The molecule has 0 saturated carbocycles. The lowest BCUT2D eigenvalue weighted by Crippen LogP contribution is -2.47.